The van der Waals surface area contributed by atoms with Gasteiger partial charge in [-0.3, -0.25) is 0 Å². The van der Waals surface area contributed by atoms with Crippen LogP contribution < -0.4 is 5.46 Å². The Morgan fingerprint density at radius 2 is 1.53 bits per heavy atom. The van der Waals surface area contributed by atoms with Crippen molar-refractivity contribution in [3.8, 4) is 0 Å². The number of nitrogens with one attached hydrogen (secondary N) is 1. The Morgan fingerprint density at radius 1 is 0.833 bits per heavy atom. The number of aromatic nitrogens is 1. The predicted molar refractivity (Wildman–Crippen MR) is 154 cm³/mol. The van der Waals surface area contributed by atoms with E-state index in [4.69, 9.17) is 9.31 Å². The lowest BCUT2D eigenvalue weighted by Gasteiger charge is -2.32. The molecule has 1 aromatic heterocycles. The first-order valence-corrected chi connectivity index (χ1v) is 13.8. The first kappa shape index (κ1) is 24.1. The van der Waals surface area contributed by atoms with Crippen LogP contribution in [0.3, 0.4) is 0 Å². The van der Waals surface area contributed by atoms with Gasteiger partial charge in [-0.25, -0.2) is 0 Å². The largest absolute Gasteiger partial charge is 0.497 e. The molecule has 4 heteroatoms. The van der Waals surface area contributed by atoms with Gasteiger partial charge in [-0.2, -0.15) is 0 Å². The molecular weight excluding hydrogens is 441 g/mol. The summed E-state index contributed by atoms with van der Waals surface area (Å²) >= 11 is 0. The minimum atomic E-state index is -0.406. The molecule has 2 fully saturated rings. The van der Waals surface area contributed by atoms with Crippen molar-refractivity contribution in [1.82, 2.24) is 4.98 Å². The number of hydrogen-bond acceptors (Lipinski definition) is 2. The topological polar surface area (TPSA) is 34.2 Å². The zero-order valence-corrected chi connectivity index (χ0v) is 23.0. The second-order valence-corrected chi connectivity index (χ2v) is 13.3. The average molecular weight is 481 g/mol. The summed E-state index contributed by atoms with van der Waals surface area (Å²) in [4.78, 5) is 3.77. The van der Waals surface area contributed by atoms with Gasteiger partial charge >= 0.3 is 7.12 Å². The molecule has 1 aliphatic heterocycles. The second-order valence-electron chi connectivity index (χ2n) is 13.3. The average Bonchev–Trinajstić information content (AvgIpc) is 3.31. The number of rotatable bonds is 2. The van der Waals surface area contributed by atoms with E-state index in [2.05, 4.69) is 95.9 Å². The normalized spacial score (nSPS) is 20.7. The van der Waals surface area contributed by atoms with Crippen LogP contribution in [-0.4, -0.2) is 23.3 Å². The molecular formula is C32H40BNO2. The molecule has 0 spiro atoms. The molecule has 0 bridgehead atoms. The van der Waals surface area contributed by atoms with Crippen LogP contribution in [0.5, 0.6) is 0 Å². The fourth-order valence-electron chi connectivity index (χ4n) is 6.16. The highest BCUT2D eigenvalue weighted by Crippen LogP contribution is 2.40. The van der Waals surface area contributed by atoms with E-state index in [-0.39, 0.29) is 16.6 Å². The Labute approximate surface area is 216 Å². The molecule has 2 heterocycles. The monoisotopic (exact) mass is 481 g/mol. The van der Waals surface area contributed by atoms with Crippen molar-refractivity contribution in [1.29, 1.82) is 0 Å². The third-order valence-corrected chi connectivity index (χ3v) is 9.19. The predicted octanol–water partition coefficient (Wildman–Crippen LogP) is 8.12. The summed E-state index contributed by atoms with van der Waals surface area (Å²) < 4.78 is 13.1. The quantitative estimate of drug-likeness (QED) is 0.293. The second kappa shape index (κ2) is 8.10. The van der Waals surface area contributed by atoms with Crippen LogP contribution in [-0.2, 0) is 14.7 Å². The highest BCUT2D eigenvalue weighted by Gasteiger charge is 2.52. The maximum Gasteiger partial charge on any atom is 0.497 e. The minimum Gasteiger partial charge on any atom is -0.399 e. The van der Waals surface area contributed by atoms with E-state index in [9.17, 15) is 0 Å². The fourth-order valence-corrected chi connectivity index (χ4v) is 6.16. The zero-order valence-electron chi connectivity index (χ0n) is 23.0. The first-order valence-electron chi connectivity index (χ1n) is 13.8. The van der Waals surface area contributed by atoms with E-state index in [1.54, 1.807) is 0 Å². The van der Waals surface area contributed by atoms with Crippen molar-refractivity contribution in [2.75, 3.05) is 0 Å². The van der Waals surface area contributed by atoms with Crippen molar-refractivity contribution >= 4 is 45.2 Å². The molecule has 2 aliphatic rings. The third-order valence-electron chi connectivity index (χ3n) is 9.19. The smallest absolute Gasteiger partial charge is 0.399 e. The van der Waals surface area contributed by atoms with Crippen molar-refractivity contribution in [2.45, 2.75) is 103 Å². The maximum atomic E-state index is 6.55. The van der Waals surface area contributed by atoms with Crippen LogP contribution in [0.15, 0.2) is 42.5 Å². The molecule has 0 unspecified atom stereocenters. The van der Waals surface area contributed by atoms with Gasteiger partial charge < -0.3 is 14.3 Å². The van der Waals surface area contributed by atoms with E-state index in [0.29, 0.717) is 5.92 Å². The molecule has 0 atom stereocenters. The summed E-state index contributed by atoms with van der Waals surface area (Å²) in [6.45, 7) is 15.4. The molecule has 0 radical (unpaired) electrons. The Balaban J connectivity index is 1.57. The summed E-state index contributed by atoms with van der Waals surface area (Å²) in [5.74, 6) is 0.712. The van der Waals surface area contributed by atoms with Crippen LogP contribution in [0.2, 0.25) is 0 Å². The number of hydrogen-bond donors (Lipinski definition) is 1. The lowest BCUT2D eigenvalue weighted by atomic mass is 9.74. The van der Waals surface area contributed by atoms with Gasteiger partial charge in [-0.15, -0.1) is 0 Å². The fraction of sp³-hybridized carbons (Fsp3) is 0.500. The number of benzene rings is 3. The summed E-state index contributed by atoms with van der Waals surface area (Å²) in [6.07, 6.45) is 6.77. The van der Waals surface area contributed by atoms with Gasteiger partial charge in [0.1, 0.15) is 0 Å². The Morgan fingerprint density at radius 3 is 2.19 bits per heavy atom. The summed E-state index contributed by atoms with van der Waals surface area (Å²) in [7, 11) is -0.406. The first-order chi connectivity index (χ1) is 16.9. The zero-order chi connectivity index (χ0) is 25.5. The van der Waals surface area contributed by atoms with Crippen LogP contribution in [0.25, 0.3) is 32.6 Å². The van der Waals surface area contributed by atoms with E-state index in [0.717, 1.165) is 11.0 Å². The van der Waals surface area contributed by atoms with E-state index in [1.807, 2.05) is 0 Å². The summed E-state index contributed by atoms with van der Waals surface area (Å²) in [5.41, 5.74) is 5.46. The molecule has 188 valence electrons. The lowest BCUT2D eigenvalue weighted by molar-refractivity contribution is 0.00578. The van der Waals surface area contributed by atoms with Crippen molar-refractivity contribution < 1.29 is 9.31 Å². The standard InChI is InChI=1S/C32H40BNO2/c1-30(2,3)23-18-25-28-24-15-13-21(20-11-9-8-10-12-20)17-22(24)14-16-27(28)34-29(25)26(19-23)33-35-31(4,5)32(6,7)36-33/h13-20,34H,8-12H2,1-7H3. The highest BCUT2D eigenvalue weighted by atomic mass is 16.7. The molecule has 3 aromatic carbocycles. The van der Waals surface area contributed by atoms with E-state index >= 15 is 0 Å². The molecule has 1 aliphatic carbocycles. The third kappa shape index (κ3) is 3.80. The number of aromatic amines is 1. The summed E-state index contributed by atoms with van der Waals surface area (Å²) in [5, 5.41) is 5.23. The number of H-pyrrole nitrogens is 1. The SMILES string of the molecule is CC(C)(C)c1cc(B2OC(C)(C)C(C)(C)O2)c2[nH]c3ccc4cc(C5CCCCC5)ccc4c3c2c1. The van der Waals surface area contributed by atoms with Gasteiger partial charge in [0, 0.05) is 27.3 Å². The molecule has 1 N–H and O–H groups in total. The van der Waals surface area contributed by atoms with E-state index < -0.39 is 7.12 Å². The lowest BCUT2D eigenvalue weighted by Crippen LogP contribution is -2.41. The van der Waals surface area contributed by atoms with Crippen LogP contribution in [0.1, 0.15) is 97.6 Å². The van der Waals surface area contributed by atoms with Gasteiger partial charge in [0.2, 0.25) is 0 Å². The van der Waals surface area contributed by atoms with Crippen LogP contribution in [0.4, 0.5) is 0 Å². The Hall–Kier alpha value is -2.30. The van der Waals surface area contributed by atoms with Crippen LogP contribution in [0, 0.1) is 0 Å². The molecule has 4 aromatic rings. The number of fused-ring (bicyclic) bond motifs is 5. The van der Waals surface area contributed by atoms with Gasteiger partial charge in [-0.1, -0.05) is 70.4 Å². The molecule has 1 saturated carbocycles. The maximum absolute atomic E-state index is 6.55. The molecule has 6 rings (SSSR count). The summed E-state index contributed by atoms with van der Waals surface area (Å²) in [6, 6.07) is 16.4. The van der Waals surface area contributed by atoms with E-state index in [1.165, 1.54) is 70.3 Å². The molecule has 0 amide bonds. The Bertz CT molecular complexity index is 1450. The van der Waals surface area contributed by atoms with Crippen molar-refractivity contribution in [3.63, 3.8) is 0 Å². The minimum absolute atomic E-state index is 0.00884. The van der Waals surface area contributed by atoms with Crippen LogP contribution >= 0.6 is 0 Å². The van der Waals surface area contributed by atoms with Crippen molar-refractivity contribution in [3.05, 3.63) is 53.6 Å². The molecule has 1 saturated heterocycles. The van der Waals surface area contributed by atoms with Gasteiger partial charge in [-0.05, 0) is 85.9 Å². The van der Waals surface area contributed by atoms with Gasteiger partial charge in [0.05, 0.1) is 11.2 Å². The van der Waals surface area contributed by atoms with Gasteiger partial charge in [0.15, 0.2) is 0 Å². The molecule has 36 heavy (non-hydrogen) atoms. The van der Waals surface area contributed by atoms with Crippen molar-refractivity contribution in [2.24, 2.45) is 0 Å². The molecule has 3 nitrogen and oxygen atoms in total. The van der Waals surface area contributed by atoms with Gasteiger partial charge in [0.25, 0.3) is 0 Å². The highest BCUT2D eigenvalue weighted by molar-refractivity contribution is 6.65. The Kier molecular flexibility index (Phi) is 5.42.